The van der Waals surface area contributed by atoms with Gasteiger partial charge in [-0.2, -0.15) is 8.78 Å². The van der Waals surface area contributed by atoms with Crippen molar-refractivity contribution in [3.8, 4) is 5.75 Å². The first-order valence-electron chi connectivity index (χ1n) is 6.15. The Hall–Kier alpha value is -1.90. The molecule has 0 saturated heterocycles. The Bertz CT molecular complexity index is 706. The first kappa shape index (κ1) is 17.5. The Balaban J connectivity index is 2.26. The first-order chi connectivity index (χ1) is 10.2. The van der Waals surface area contributed by atoms with Crippen molar-refractivity contribution in [1.82, 2.24) is 0 Å². The summed E-state index contributed by atoms with van der Waals surface area (Å²) >= 11 is 0. The van der Waals surface area contributed by atoms with Gasteiger partial charge in [0.25, 0.3) is 0 Å². The van der Waals surface area contributed by atoms with Gasteiger partial charge in [0.05, 0.1) is 5.56 Å². The molecule has 0 spiro atoms. The normalized spacial score (nSPS) is 15.7. The summed E-state index contributed by atoms with van der Waals surface area (Å²) in [6.45, 7) is 1.68. The third-order valence-electron chi connectivity index (χ3n) is 2.90. The molecule has 0 unspecified atom stereocenters. The highest BCUT2D eigenvalue weighted by Crippen LogP contribution is 3.02. The van der Waals surface area contributed by atoms with E-state index in [-0.39, 0.29) is 12.1 Å². The molecular formula is C14H11F7OS. The molecule has 0 atom stereocenters. The summed E-state index contributed by atoms with van der Waals surface area (Å²) in [5.41, 5.74) is 0.213. The third kappa shape index (κ3) is 4.31. The second kappa shape index (κ2) is 4.56. The predicted octanol–water partition coefficient (Wildman–Crippen LogP) is 6.78. The van der Waals surface area contributed by atoms with E-state index in [1.54, 1.807) is 6.92 Å². The summed E-state index contributed by atoms with van der Waals surface area (Å²) in [6, 6.07) is 5.89. The zero-order chi connectivity index (χ0) is 17.6. The number of benzene rings is 2. The maximum absolute atomic E-state index is 13.9. The van der Waals surface area contributed by atoms with Gasteiger partial charge in [-0.15, -0.1) is 0 Å². The lowest BCUT2D eigenvalue weighted by molar-refractivity contribution is -0.185. The number of rotatable bonds is 4. The highest BCUT2D eigenvalue weighted by Gasteiger charge is 2.65. The zero-order valence-corrected chi connectivity index (χ0v) is 12.4. The summed E-state index contributed by atoms with van der Waals surface area (Å²) in [7, 11) is -9.83. The predicted molar refractivity (Wildman–Crippen MR) is 73.5 cm³/mol. The second-order valence-electron chi connectivity index (χ2n) is 4.93. The van der Waals surface area contributed by atoms with Crippen molar-refractivity contribution in [2.75, 3.05) is 0 Å². The topological polar surface area (TPSA) is 9.23 Å². The molecule has 0 bridgehead atoms. The van der Waals surface area contributed by atoms with Gasteiger partial charge < -0.3 is 4.74 Å². The van der Waals surface area contributed by atoms with Crippen molar-refractivity contribution in [2.24, 2.45) is 0 Å². The molecule has 0 amide bonds. The fourth-order valence-corrected chi connectivity index (χ4v) is 2.37. The SMILES string of the molecule is Cc1ccc(C(F)(F)Oc2ccc(S(F)(F)(F)(F)F)cc2)cc1. The van der Waals surface area contributed by atoms with Gasteiger partial charge in [0, 0.05) is 0 Å². The Morgan fingerprint density at radius 1 is 0.783 bits per heavy atom. The van der Waals surface area contributed by atoms with Crippen LogP contribution in [0.5, 0.6) is 5.75 Å². The molecule has 0 aliphatic heterocycles. The van der Waals surface area contributed by atoms with Crippen molar-refractivity contribution in [3.05, 3.63) is 59.7 Å². The first-order valence-corrected chi connectivity index (χ1v) is 8.11. The van der Waals surface area contributed by atoms with E-state index in [1.165, 1.54) is 12.1 Å². The molecule has 0 aliphatic rings. The van der Waals surface area contributed by atoms with E-state index in [9.17, 15) is 28.2 Å². The molecule has 1 nitrogen and oxygen atoms in total. The molecule has 0 heterocycles. The maximum Gasteiger partial charge on any atom is 0.426 e. The number of ether oxygens (including phenoxy) is 1. The minimum absolute atomic E-state index is 0.0160. The Kier molecular flexibility index (Phi) is 3.46. The molecule has 0 fully saturated rings. The molecule has 2 aromatic carbocycles. The number of hydrogen-bond acceptors (Lipinski definition) is 1. The smallest absolute Gasteiger partial charge is 0.426 e. The Morgan fingerprint density at radius 2 is 1.26 bits per heavy atom. The van der Waals surface area contributed by atoms with E-state index in [1.807, 2.05) is 0 Å². The lowest BCUT2D eigenvalue weighted by Gasteiger charge is -2.40. The molecule has 2 rings (SSSR count). The number of halogens is 7. The molecule has 0 aromatic heterocycles. The van der Waals surface area contributed by atoms with Crippen molar-refractivity contribution in [1.29, 1.82) is 0 Å². The Labute approximate surface area is 127 Å². The molecule has 23 heavy (non-hydrogen) atoms. The van der Waals surface area contributed by atoms with E-state index in [0.717, 1.165) is 17.7 Å². The number of hydrogen-bond donors (Lipinski definition) is 0. The van der Waals surface area contributed by atoms with Crippen LogP contribution < -0.4 is 4.74 Å². The molecule has 128 valence electrons. The van der Waals surface area contributed by atoms with E-state index in [2.05, 4.69) is 4.74 Å². The van der Waals surface area contributed by atoms with Crippen LogP contribution in [-0.2, 0) is 6.11 Å². The lowest BCUT2D eigenvalue weighted by Crippen LogP contribution is -2.21. The van der Waals surface area contributed by atoms with Gasteiger partial charge in [0.1, 0.15) is 10.6 Å². The third-order valence-corrected chi connectivity index (χ3v) is 4.07. The maximum atomic E-state index is 13.9. The van der Waals surface area contributed by atoms with Crippen LogP contribution in [0.15, 0.2) is 53.4 Å². The Morgan fingerprint density at radius 3 is 1.70 bits per heavy atom. The van der Waals surface area contributed by atoms with Gasteiger partial charge in [-0.3, -0.25) is 0 Å². The molecule has 9 heteroatoms. The van der Waals surface area contributed by atoms with Gasteiger partial charge in [-0.1, -0.05) is 37.1 Å². The van der Waals surface area contributed by atoms with Crippen LogP contribution in [0.2, 0.25) is 0 Å². The molecule has 0 radical (unpaired) electrons. The van der Waals surface area contributed by atoms with Crippen molar-refractivity contribution in [2.45, 2.75) is 17.9 Å². The minimum atomic E-state index is -9.83. The van der Waals surface area contributed by atoms with Gasteiger partial charge >= 0.3 is 16.3 Å². The van der Waals surface area contributed by atoms with Gasteiger partial charge in [-0.05, 0) is 43.3 Å². The van der Waals surface area contributed by atoms with Crippen molar-refractivity contribution < 1.29 is 32.9 Å². The summed E-state index contributed by atoms with van der Waals surface area (Å²) in [5.74, 6) is -0.666. The van der Waals surface area contributed by atoms with Crippen LogP contribution in [0.4, 0.5) is 28.2 Å². The highest BCUT2D eigenvalue weighted by atomic mass is 32.5. The quantitative estimate of drug-likeness (QED) is 0.546. The van der Waals surface area contributed by atoms with Gasteiger partial charge in [0.2, 0.25) is 0 Å². The van der Waals surface area contributed by atoms with E-state index < -0.39 is 32.5 Å². The van der Waals surface area contributed by atoms with Crippen molar-refractivity contribution >= 4 is 10.2 Å². The summed E-state index contributed by atoms with van der Waals surface area (Å²) < 4.78 is 94.7. The lowest BCUT2D eigenvalue weighted by atomic mass is 10.1. The second-order valence-corrected chi connectivity index (χ2v) is 7.33. The molecule has 2 aromatic rings. The number of aryl methyl sites for hydroxylation is 1. The summed E-state index contributed by atoms with van der Waals surface area (Å²) in [5, 5.41) is 0. The summed E-state index contributed by atoms with van der Waals surface area (Å²) in [6.07, 6.45) is -3.82. The van der Waals surface area contributed by atoms with Crippen LogP contribution in [0.25, 0.3) is 0 Å². The van der Waals surface area contributed by atoms with Gasteiger partial charge in [-0.25, -0.2) is 0 Å². The van der Waals surface area contributed by atoms with Gasteiger partial charge in [0.15, 0.2) is 0 Å². The van der Waals surface area contributed by atoms with E-state index >= 15 is 0 Å². The van der Waals surface area contributed by atoms with Crippen LogP contribution in [0, 0.1) is 6.92 Å². The molecular weight excluding hydrogens is 349 g/mol. The largest absolute Gasteiger partial charge is 0.429 e. The zero-order valence-electron chi connectivity index (χ0n) is 11.6. The van der Waals surface area contributed by atoms with Crippen LogP contribution in [-0.4, -0.2) is 0 Å². The van der Waals surface area contributed by atoms with Crippen LogP contribution in [0.1, 0.15) is 11.1 Å². The minimum Gasteiger partial charge on any atom is -0.429 e. The number of alkyl halides is 2. The average molecular weight is 360 g/mol. The van der Waals surface area contributed by atoms with E-state index in [0.29, 0.717) is 12.1 Å². The fourth-order valence-electron chi connectivity index (χ4n) is 1.72. The standard InChI is InChI=1S/C14H11F7OS/c1-10-2-4-11(5-3-10)14(15,16)22-12-6-8-13(9-7-12)23(17,18,19,20)21/h2-9H,1H3. The summed E-state index contributed by atoms with van der Waals surface area (Å²) in [4.78, 5) is -2.17. The molecule has 0 aliphatic carbocycles. The monoisotopic (exact) mass is 360 g/mol. The van der Waals surface area contributed by atoms with Crippen LogP contribution in [0.3, 0.4) is 0 Å². The molecule has 0 N–H and O–H groups in total. The fraction of sp³-hybridized carbons (Fsp3) is 0.143. The van der Waals surface area contributed by atoms with Crippen LogP contribution >= 0.6 is 10.2 Å². The average Bonchev–Trinajstić information content (AvgIpc) is 2.36. The van der Waals surface area contributed by atoms with Crippen molar-refractivity contribution in [3.63, 3.8) is 0 Å². The van der Waals surface area contributed by atoms with E-state index in [4.69, 9.17) is 0 Å². The highest BCUT2D eigenvalue weighted by molar-refractivity contribution is 8.45. The molecule has 0 saturated carbocycles.